The molecule has 0 heterocycles. The standard InChI is InChI=1S/C12H25NO3/c1-9(13-11(2,3)4)10(14)16-8-12(5,6)15-7/h9,13H,8H2,1-7H3/t9-/m0/s1. The number of rotatable bonds is 5. The average Bonchev–Trinajstić information content (AvgIpc) is 2.11. The quantitative estimate of drug-likeness (QED) is 0.732. The third kappa shape index (κ3) is 6.80. The van der Waals surface area contributed by atoms with Gasteiger partial charge >= 0.3 is 5.97 Å². The van der Waals surface area contributed by atoms with Crippen LogP contribution in [0.25, 0.3) is 0 Å². The molecule has 0 radical (unpaired) electrons. The molecule has 0 aromatic carbocycles. The van der Waals surface area contributed by atoms with Gasteiger partial charge in [0.2, 0.25) is 0 Å². The summed E-state index contributed by atoms with van der Waals surface area (Å²) in [7, 11) is 1.60. The number of nitrogens with one attached hydrogen (secondary N) is 1. The highest BCUT2D eigenvalue weighted by atomic mass is 16.6. The van der Waals surface area contributed by atoms with Crippen LogP contribution < -0.4 is 5.32 Å². The van der Waals surface area contributed by atoms with Gasteiger partial charge < -0.3 is 9.47 Å². The smallest absolute Gasteiger partial charge is 0.322 e. The Morgan fingerprint density at radius 2 is 1.75 bits per heavy atom. The van der Waals surface area contributed by atoms with Crippen molar-refractivity contribution < 1.29 is 14.3 Å². The monoisotopic (exact) mass is 231 g/mol. The molecule has 0 aromatic heterocycles. The van der Waals surface area contributed by atoms with E-state index in [1.54, 1.807) is 14.0 Å². The third-order valence-corrected chi connectivity index (χ3v) is 2.12. The maximum Gasteiger partial charge on any atom is 0.322 e. The topological polar surface area (TPSA) is 47.6 Å². The fourth-order valence-corrected chi connectivity index (χ4v) is 1.14. The Bertz CT molecular complexity index is 231. The van der Waals surface area contributed by atoms with Crippen LogP contribution in [0.3, 0.4) is 0 Å². The van der Waals surface area contributed by atoms with Crippen LogP contribution in [0.5, 0.6) is 0 Å². The molecule has 0 amide bonds. The van der Waals surface area contributed by atoms with Gasteiger partial charge in [0.05, 0.1) is 5.60 Å². The van der Waals surface area contributed by atoms with Crippen molar-refractivity contribution in [1.82, 2.24) is 5.32 Å². The largest absolute Gasteiger partial charge is 0.461 e. The molecule has 16 heavy (non-hydrogen) atoms. The molecule has 96 valence electrons. The van der Waals surface area contributed by atoms with Gasteiger partial charge in [0.15, 0.2) is 0 Å². The summed E-state index contributed by atoms with van der Waals surface area (Å²) >= 11 is 0. The molecule has 0 fully saturated rings. The van der Waals surface area contributed by atoms with Gasteiger partial charge in [0, 0.05) is 12.6 Å². The molecule has 4 nitrogen and oxygen atoms in total. The Hall–Kier alpha value is -0.610. The summed E-state index contributed by atoms with van der Waals surface area (Å²) in [6.07, 6.45) is 0. The van der Waals surface area contributed by atoms with Gasteiger partial charge in [-0.25, -0.2) is 0 Å². The molecule has 0 spiro atoms. The summed E-state index contributed by atoms with van der Waals surface area (Å²) in [4.78, 5) is 11.6. The van der Waals surface area contributed by atoms with Crippen LogP contribution >= 0.6 is 0 Å². The van der Waals surface area contributed by atoms with Gasteiger partial charge in [0.1, 0.15) is 12.6 Å². The Morgan fingerprint density at radius 1 is 1.25 bits per heavy atom. The lowest BCUT2D eigenvalue weighted by Crippen LogP contribution is -2.47. The summed E-state index contributed by atoms with van der Waals surface area (Å²) < 4.78 is 10.4. The molecule has 1 atom stereocenters. The second-order valence-electron chi connectivity index (χ2n) is 5.69. The molecular formula is C12H25NO3. The number of methoxy groups -OCH3 is 1. The Labute approximate surface area is 98.7 Å². The average molecular weight is 231 g/mol. The summed E-state index contributed by atoms with van der Waals surface area (Å²) in [6, 6.07) is -0.312. The van der Waals surface area contributed by atoms with E-state index in [2.05, 4.69) is 5.32 Å². The molecule has 0 unspecified atom stereocenters. The minimum Gasteiger partial charge on any atom is -0.461 e. The summed E-state index contributed by atoms with van der Waals surface area (Å²) in [5.74, 6) is -0.250. The van der Waals surface area contributed by atoms with E-state index in [0.29, 0.717) is 0 Å². The lowest BCUT2D eigenvalue weighted by Gasteiger charge is -2.27. The van der Waals surface area contributed by atoms with Gasteiger partial charge in [0.25, 0.3) is 0 Å². The number of hydrogen-bond acceptors (Lipinski definition) is 4. The zero-order valence-corrected chi connectivity index (χ0v) is 11.5. The maximum atomic E-state index is 11.6. The molecule has 0 saturated carbocycles. The fraction of sp³-hybridized carbons (Fsp3) is 0.917. The fourth-order valence-electron chi connectivity index (χ4n) is 1.14. The zero-order valence-electron chi connectivity index (χ0n) is 11.5. The molecule has 0 rings (SSSR count). The first-order valence-electron chi connectivity index (χ1n) is 5.57. The first kappa shape index (κ1) is 15.4. The molecule has 0 aromatic rings. The van der Waals surface area contributed by atoms with Gasteiger partial charge in [-0.1, -0.05) is 0 Å². The SMILES string of the molecule is COC(C)(C)COC(=O)[C@H](C)NC(C)(C)C. The molecule has 0 aliphatic rings. The van der Waals surface area contributed by atoms with Crippen LogP contribution in [-0.4, -0.2) is 36.9 Å². The van der Waals surface area contributed by atoms with E-state index in [1.807, 2.05) is 34.6 Å². The highest BCUT2D eigenvalue weighted by Gasteiger charge is 2.24. The van der Waals surface area contributed by atoms with Gasteiger partial charge in [-0.2, -0.15) is 0 Å². The van der Waals surface area contributed by atoms with Gasteiger partial charge in [-0.15, -0.1) is 0 Å². The third-order valence-electron chi connectivity index (χ3n) is 2.12. The van der Waals surface area contributed by atoms with Crippen molar-refractivity contribution in [3.8, 4) is 0 Å². The predicted octanol–water partition coefficient (Wildman–Crippen LogP) is 1.73. The van der Waals surface area contributed by atoms with Crippen LogP contribution in [0.15, 0.2) is 0 Å². The Balaban J connectivity index is 4.08. The van der Waals surface area contributed by atoms with E-state index in [0.717, 1.165) is 0 Å². The molecule has 0 aliphatic heterocycles. The first-order chi connectivity index (χ1) is 7.07. The van der Waals surface area contributed by atoms with E-state index in [9.17, 15) is 4.79 Å². The van der Waals surface area contributed by atoms with Crippen molar-refractivity contribution in [3.05, 3.63) is 0 Å². The molecule has 0 aliphatic carbocycles. The minimum absolute atomic E-state index is 0.102. The Kier molecular flexibility index (Phi) is 5.42. The summed E-state index contributed by atoms with van der Waals surface area (Å²) in [6.45, 7) is 11.8. The van der Waals surface area contributed by atoms with Crippen molar-refractivity contribution in [2.75, 3.05) is 13.7 Å². The van der Waals surface area contributed by atoms with Gasteiger partial charge in [-0.3, -0.25) is 10.1 Å². The maximum absolute atomic E-state index is 11.6. The van der Waals surface area contributed by atoms with Crippen LogP contribution in [0, 0.1) is 0 Å². The molecule has 1 N–H and O–H groups in total. The van der Waals surface area contributed by atoms with Crippen LogP contribution in [0.1, 0.15) is 41.5 Å². The van der Waals surface area contributed by atoms with Crippen LogP contribution in [0.2, 0.25) is 0 Å². The van der Waals surface area contributed by atoms with Crippen LogP contribution in [-0.2, 0) is 14.3 Å². The normalized spacial score (nSPS) is 14.7. The number of ether oxygens (including phenoxy) is 2. The second-order valence-corrected chi connectivity index (χ2v) is 5.69. The van der Waals surface area contributed by atoms with Crippen molar-refractivity contribution in [2.45, 2.75) is 58.7 Å². The summed E-state index contributed by atoms with van der Waals surface area (Å²) in [5.41, 5.74) is -0.535. The van der Waals surface area contributed by atoms with E-state index in [4.69, 9.17) is 9.47 Å². The second kappa shape index (κ2) is 5.64. The molecule has 4 heteroatoms. The van der Waals surface area contributed by atoms with E-state index in [-0.39, 0.29) is 24.2 Å². The van der Waals surface area contributed by atoms with Crippen molar-refractivity contribution in [1.29, 1.82) is 0 Å². The van der Waals surface area contributed by atoms with Crippen molar-refractivity contribution in [3.63, 3.8) is 0 Å². The predicted molar refractivity (Wildman–Crippen MR) is 64.4 cm³/mol. The van der Waals surface area contributed by atoms with Crippen molar-refractivity contribution >= 4 is 5.97 Å². The number of hydrogen-bond donors (Lipinski definition) is 1. The van der Waals surface area contributed by atoms with Gasteiger partial charge in [-0.05, 0) is 41.5 Å². The molecule has 0 bridgehead atoms. The lowest BCUT2D eigenvalue weighted by molar-refractivity contribution is -0.153. The number of carbonyl (C=O) groups is 1. The lowest BCUT2D eigenvalue weighted by atomic mass is 10.1. The zero-order chi connectivity index (χ0) is 13.0. The molecular weight excluding hydrogens is 206 g/mol. The molecule has 0 saturated heterocycles. The van der Waals surface area contributed by atoms with E-state index >= 15 is 0 Å². The van der Waals surface area contributed by atoms with Crippen LogP contribution in [0.4, 0.5) is 0 Å². The Morgan fingerprint density at radius 3 is 2.12 bits per heavy atom. The highest BCUT2D eigenvalue weighted by Crippen LogP contribution is 2.09. The first-order valence-corrected chi connectivity index (χ1v) is 5.57. The number of carbonyl (C=O) groups excluding carboxylic acids is 1. The number of esters is 1. The highest BCUT2D eigenvalue weighted by molar-refractivity contribution is 5.75. The summed E-state index contributed by atoms with van der Waals surface area (Å²) in [5, 5.41) is 3.16. The van der Waals surface area contributed by atoms with Crippen molar-refractivity contribution in [2.24, 2.45) is 0 Å². The van der Waals surface area contributed by atoms with E-state index in [1.165, 1.54) is 0 Å². The minimum atomic E-state index is -0.433. The van der Waals surface area contributed by atoms with E-state index < -0.39 is 5.60 Å².